The van der Waals surface area contributed by atoms with Crippen LogP contribution in [0.4, 0.5) is 0 Å². The molecule has 0 unspecified atom stereocenters. The van der Waals surface area contributed by atoms with Gasteiger partial charge >= 0.3 is 59.7 Å². The van der Waals surface area contributed by atoms with Gasteiger partial charge in [-0.05, 0) is 0 Å². The second kappa shape index (κ2) is 23.9. The Balaban J connectivity index is 2.11. The predicted octanol–water partition coefficient (Wildman–Crippen LogP) is -1.86. The van der Waals surface area contributed by atoms with Crippen LogP contribution in [0.15, 0.2) is 0 Å². The minimum atomic E-state index is -2.02. The molecule has 3 saturated heterocycles. The summed E-state index contributed by atoms with van der Waals surface area (Å²) < 4.78 is 83.3. The van der Waals surface area contributed by atoms with Gasteiger partial charge in [-0.3, -0.25) is 47.9 Å². The number of carbonyl (C=O) groups excluding carboxylic acids is 10. The molecule has 0 amide bonds. The van der Waals surface area contributed by atoms with Crippen molar-refractivity contribution in [3.8, 4) is 0 Å². The van der Waals surface area contributed by atoms with E-state index in [-0.39, 0.29) is 0 Å². The van der Waals surface area contributed by atoms with Crippen molar-refractivity contribution in [3.05, 3.63) is 0 Å². The van der Waals surface area contributed by atoms with Crippen molar-refractivity contribution in [2.75, 3.05) is 19.8 Å². The minimum Gasteiger partial charge on any atom is -0.463 e. The van der Waals surface area contributed by atoms with E-state index >= 15 is 0 Å². The summed E-state index contributed by atoms with van der Waals surface area (Å²) in [6.07, 6.45) is -25.6. The summed E-state index contributed by atoms with van der Waals surface area (Å²) >= 11 is 0. The lowest BCUT2D eigenvalue weighted by atomic mass is 9.96. The maximum Gasteiger partial charge on any atom is 0.303 e. The van der Waals surface area contributed by atoms with Crippen LogP contribution in [0, 0.1) is 0 Å². The molecule has 360 valence electrons. The summed E-state index contributed by atoms with van der Waals surface area (Å²) in [7, 11) is 0. The van der Waals surface area contributed by atoms with Crippen LogP contribution in [0.25, 0.3) is 0 Å². The van der Waals surface area contributed by atoms with Crippen molar-refractivity contribution in [1.29, 1.82) is 0 Å². The SMILES string of the molecule is CC(=O)OC[C@H]1O[C@@H](OC[C@H]2O[C@@H](OC[C@H]3O[C@@H](O)[C@H](OC(C)=O)[C@@H](OC(C)=O)[C@H]3OC(C)=O)[C@H](OC(C)=O)[C@@H](OC(C)=O)[C@H]2OC(C)=O)[C@H](OC(C)=O)[C@@H](OC(C)=O)[C@H]1OC(C)=O. The zero-order valence-electron chi connectivity index (χ0n) is 36.4. The second-order valence-corrected chi connectivity index (χ2v) is 14.3. The molecule has 0 aliphatic carbocycles. The molecule has 3 fully saturated rings. The Morgan fingerprint density at radius 3 is 0.891 bits per heavy atom. The molecule has 64 heavy (non-hydrogen) atoms. The van der Waals surface area contributed by atoms with E-state index in [2.05, 4.69) is 0 Å². The fraction of sp³-hybridized carbons (Fsp3) is 0.737. The van der Waals surface area contributed by atoms with E-state index in [1.54, 1.807) is 0 Å². The van der Waals surface area contributed by atoms with Gasteiger partial charge in [-0.15, -0.1) is 0 Å². The molecule has 26 nitrogen and oxygen atoms in total. The third kappa shape index (κ3) is 15.6. The molecule has 0 aromatic carbocycles. The highest BCUT2D eigenvalue weighted by atomic mass is 16.8. The van der Waals surface area contributed by atoms with Gasteiger partial charge in [0, 0.05) is 69.2 Å². The van der Waals surface area contributed by atoms with Gasteiger partial charge < -0.3 is 76.2 Å². The summed E-state index contributed by atoms with van der Waals surface area (Å²) in [5.41, 5.74) is 0. The van der Waals surface area contributed by atoms with Gasteiger partial charge in [-0.25, -0.2) is 0 Å². The summed E-state index contributed by atoms with van der Waals surface area (Å²) in [4.78, 5) is 123. The smallest absolute Gasteiger partial charge is 0.303 e. The number of aliphatic hydroxyl groups is 1. The maximum atomic E-state index is 12.6. The summed E-state index contributed by atoms with van der Waals surface area (Å²) in [5, 5.41) is 10.9. The van der Waals surface area contributed by atoms with Crippen molar-refractivity contribution in [1.82, 2.24) is 0 Å². The quantitative estimate of drug-likeness (QED) is 0.123. The molecule has 3 rings (SSSR count). The fourth-order valence-electron chi connectivity index (χ4n) is 6.83. The van der Waals surface area contributed by atoms with Gasteiger partial charge in [-0.2, -0.15) is 0 Å². The molecular formula is C38H52O26. The van der Waals surface area contributed by atoms with E-state index in [0.717, 1.165) is 69.2 Å². The van der Waals surface area contributed by atoms with E-state index < -0.39 is 172 Å². The Morgan fingerprint density at radius 1 is 0.328 bits per heavy atom. The number of rotatable bonds is 17. The lowest BCUT2D eigenvalue weighted by Gasteiger charge is -2.47. The maximum absolute atomic E-state index is 12.6. The molecule has 15 atom stereocenters. The molecule has 3 aliphatic heterocycles. The highest BCUT2D eigenvalue weighted by molar-refractivity contribution is 5.70. The van der Waals surface area contributed by atoms with Crippen molar-refractivity contribution in [2.24, 2.45) is 0 Å². The monoisotopic (exact) mass is 924 g/mol. The van der Waals surface area contributed by atoms with Crippen molar-refractivity contribution in [3.63, 3.8) is 0 Å². The van der Waals surface area contributed by atoms with Crippen LogP contribution in [0.5, 0.6) is 0 Å². The van der Waals surface area contributed by atoms with Crippen LogP contribution in [-0.2, 0) is 119 Å². The Labute approximate surface area is 364 Å². The Morgan fingerprint density at radius 2 is 0.578 bits per heavy atom. The van der Waals surface area contributed by atoms with E-state index in [4.69, 9.17) is 71.1 Å². The topological polar surface area (TPSA) is 329 Å². The van der Waals surface area contributed by atoms with Crippen molar-refractivity contribution in [2.45, 2.75) is 161 Å². The highest BCUT2D eigenvalue weighted by Crippen LogP contribution is 2.35. The third-order valence-corrected chi connectivity index (χ3v) is 8.81. The van der Waals surface area contributed by atoms with Crippen LogP contribution in [0.3, 0.4) is 0 Å². The average Bonchev–Trinajstić information content (AvgIpc) is 3.14. The van der Waals surface area contributed by atoms with Crippen LogP contribution in [-0.4, -0.2) is 177 Å². The third-order valence-electron chi connectivity index (χ3n) is 8.81. The zero-order valence-corrected chi connectivity index (χ0v) is 36.4. The zero-order chi connectivity index (χ0) is 48.2. The number of hydrogen-bond donors (Lipinski definition) is 1. The molecule has 0 aromatic heterocycles. The van der Waals surface area contributed by atoms with Gasteiger partial charge in [0.15, 0.2) is 73.8 Å². The summed E-state index contributed by atoms with van der Waals surface area (Å²) in [6, 6.07) is 0. The van der Waals surface area contributed by atoms with Crippen LogP contribution < -0.4 is 0 Å². The number of carbonyl (C=O) groups is 10. The van der Waals surface area contributed by atoms with Gasteiger partial charge in [0.1, 0.15) is 24.9 Å². The van der Waals surface area contributed by atoms with Gasteiger partial charge in [0.2, 0.25) is 0 Å². The van der Waals surface area contributed by atoms with Crippen LogP contribution in [0.2, 0.25) is 0 Å². The number of ether oxygens (including phenoxy) is 15. The molecule has 0 aromatic rings. The first-order valence-electron chi connectivity index (χ1n) is 19.4. The minimum absolute atomic E-state index is 0.617. The highest BCUT2D eigenvalue weighted by Gasteiger charge is 2.57. The van der Waals surface area contributed by atoms with E-state index in [1.807, 2.05) is 0 Å². The van der Waals surface area contributed by atoms with Crippen LogP contribution in [0.1, 0.15) is 69.2 Å². The van der Waals surface area contributed by atoms with E-state index in [0.29, 0.717) is 0 Å². The molecule has 3 heterocycles. The Hall–Kier alpha value is -5.54. The lowest BCUT2D eigenvalue weighted by Crippen LogP contribution is -2.65. The Bertz CT molecular complexity index is 1730. The molecule has 0 saturated carbocycles. The van der Waals surface area contributed by atoms with Gasteiger partial charge in [0.05, 0.1) is 13.2 Å². The molecule has 0 bridgehead atoms. The number of aliphatic hydroxyl groups excluding tert-OH is 1. The lowest BCUT2D eigenvalue weighted by molar-refractivity contribution is -0.343. The number of hydrogen-bond acceptors (Lipinski definition) is 26. The van der Waals surface area contributed by atoms with Crippen molar-refractivity contribution >= 4 is 59.7 Å². The molecular weight excluding hydrogens is 872 g/mol. The molecule has 0 spiro atoms. The Kier molecular flexibility index (Phi) is 19.8. The first kappa shape index (κ1) is 52.8. The first-order chi connectivity index (χ1) is 29.9. The normalized spacial score (nSPS) is 32.3. The molecule has 1 N–H and O–H groups in total. The van der Waals surface area contributed by atoms with Crippen LogP contribution >= 0.6 is 0 Å². The first-order valence-corrected chi connectivity index (χ1v) is 19.4. The predicted molar refractivity (Wildman–Crippen MR) is 197 cm³/mol. The average molecular weight is 925 g/mol. The molecule has 3 aliphatic rings. The van der Waals surface area contributed by atoms with Crippen molar-refractivity contribution < 1.29 is 124 Å². The summed E-state index contributed by atoms with van der Waals surface area (Å²) in [5.74, 6) is -9.38. The van der Waals surface area contributed by atoms with E-state index in [1.165, 1.54) is 0 Å². The standard InChI is InChI=1S/C38H52O26/c1-14(39)50-11-25-28(54-16(3)41)31(57-19(6)44)34(60-22(9)47)38(63-25)52-13-26-29(55-17(4)42)32(58-20(7)45)35(61-23(10)48)37(64-26)51-12-24-27(53-15(2)40)30(56-18(5)43)33(36(49)62-24)59-21(8)46/h24-38,49H,11-13H2,1-10H3/t24-,25-,26-,27+,28+,29+,30+,31+,32+,33-,34-,35-,36-,37-,38-/m1/s1. The molecule has 0 radical (unpaired) electrons. The number of esters is 10. The largest absolute Gasteiger partial charge is 0.463 e. The van der Waals surface area contributed by atoms with E-state index in [9.17, 15) is 53.1 Å². The van der Waals surface area contributed by atoms with Gasteiger partial charge in [-0.1, -0.05) is 0 Å². The summed E-state index contributed by atoms with van der Waals surface area (Å²) in [6.45, 7) is 7.75. The second-order valence-electron chi connectivity index (χ2n) is 14.3. The molecule has 26 heteroatoms. The van der Waals surface area contributed by atoms with Gasteiger partial charge in [0.25, 0.3) is 0 Å². The fourth-order valence-corrected chi connectivity index (χ4v) is 6.83.